The van der Waals surface area contributed by atoms with Crippen molar-refractivity contribution in [1.82, 2.24) is 0 Å². The van der Waals surface area contributed by atoms with Gasteiger partial charge in [0.2, 0.25) is 0 Å². The molecule has 3 N–H and O–H groups in total. The molecule has 0 amide bonds. The number of halogens is 3. The van der Waals surface area contributed by atoms with Gasteiger partial charge in [-0.1, -0.05) is 23.7 Å². The average Bonchev–Trinajstić information content (AvgIpc) is 2.12. The van der Waals surface area contributed by atoms with Gasteiger partial charge in [-0.15, -0.1) is 12.4 Å². The molecule has 6 heteroatoms. The van der Waals surface area contributed by atoms with Crippen LogP contribution in [-0.2, 0) is 11.2 Å². The summed E-state index contributed by atoms with van der Waals surface area (Å²) in [6.45, 7) is 0. The average molecular weight is 254 g/mol. The summed E-state index contributed by atoms with van der Waals surface area (Å²) in [6, 6.07) is 3.30. The maximum Gasteiger partial charge on any atom is 0.320 e. The molecule has 0 aliphatic rings. The van der Waals surface area contributed by atoms with E-state index in [1.807, 2.05) is 0 Å². The lowest BCUT2D eigenvalue weighted by molar-refractivity contribution is -0.138. The molecule has 0 saturated carbocycles. The molecule has 0 spiro atoms. The van der Waals surface area contributed by atoms with Crippen LogP contribution < -0.4 is 5.73 Å². The van der Waals surface area contributed by atoms with E-state index in [2.05, 4.69) is 0 Å². The van der Waals surface area contributed by atoms with Crippen molar-refractivity contribution >= 4 is 30.0 Å². The molecular formula is C9H10Cl2FNO2. The van der Waals surface area contributed by atoms with Crippen LogP contribution in [-0.4, -0.2) is 17.1 Å². The lowest BCUT2D eigenvalue weighted by atomic mass is 10.1. The van der Waals surface area contributed by atoms with E-state index >= 15 is 0 Å². The molecule has 1 aromatic carbocycles. The minimum absolute atomic E-state index is 0. The number of carboxylic acids is 1. The molecular weight excluding hydrogens is 244 g/mol. The summed E-state index contributed by atoms with van der Waals surface area (Å²) in [5.41, 5.74) is 5.47. The Hall–Kier alpha value is -0.840. The summed E-state index contributed by atoms with van der Waals surface area (Å²) in [7, 11) is 0. The molecule has 0 saturated heterocycles. The van der Waals surface area contributed by atoms with Gasteiger partial charge in [-0.3, -0.25) is 4.79 Å². The Morgan fingerprint density at radius 1 is 1.60 bits per heavy atom. The molecule has 15 heavy (non-hydrogen) atoms. The van der Waals surface area contributed by atoms with Crippen molar-refractivity contribution in [2.24, 2.45) is 5.73 Å². The zero-order chi connectivity index (χ0) is 10.7. The first-order valence-electron chi connectivity index (χ1n) is 3.93. The molecule has 1 rings (SSSR count). The fourth-order valence-corrected chi connectivity index (χ4v) is 1.22. The highest BCUT2D eigenvalue weighted by molar-refractivity contribution is 6.30. The number of nitrogens with two attached hydrogens (primary N) is 1. The Balaban J connectivity index is 0.00000196. The fourth-order valence-electron chi connectivity index (χ4n) is 1.03. The third-order valence-corrected chi connectivity index (χ3v) is 2.08. The number of hydrogen-bond donors (Lipinski definition) is 2. The topological polar surface area (TPSA) is 63.3 Å². The minimum atomic E-state index is -1.16. The second-order valence-electron chi connectivity index (χ2n) is 2.86. The van der Waals surface area contributed by atoms with Crippen molar-refractivity contribution in [3.63, 3.8) is 0 Å². The van der Waals surface area contributed by atoms with E-state index in [4.69, 9.17) is 22.4 Å². The highest BCUT2D eigenvalue weighted by atomic mass is 35.5. The Bertz CT molecular complexity index is 360. The third-order valence-electron chi connectivity index (χ3n) is 1.79. The maximum atomic E-state index is 13.2. The fraction of sp³-hybridized carbons (Fsp3) is 0.222. The van der Waals surface area contributed by atoms with Gasteiger partial charge in [0.05, 0.1) is 5.02 Å². The van der Waals surface area contributed by atoms with E-state index in [9.17, 15) is 9.18 Å². The molecule has 1 atom stereocenters. The number of aliphatic carboxylic acids is 1. The van der Waals surface area contributed by atoms with Crippen molar-refractivity contribution in [2.45, 2.75) is 12.5 Å². The largest absolute Gasteiger partial charge is 0.480 e. The van der Waals surface area contributed by atoms with Gasteiger partial charge < -0.3 is 10.8 Å². The van der Waals surface area contributed by atoms with Gasteiger partial charge in [0.1, 0.15) is 11.9 Å². The van der Waals surface area contributed by atoms with E-state index in [0.717, 1.165) is 0 Å². The minimum Gasteiger partial charge on any atom is -0.480 e. The molecule has 3 nitrogen and oxygen atoms in total. The van der Waals surface area contributed by atoms with E-state index in [-0.39, 0.29) is 29.4 Å². The SMILES string of the molecule is Cl.NC(Cc1cccc(Cl)c1F)C(=O)O. The van der Waals surface area contributed by atoms with Crippen LogP contribution >= 0.6 is 24.0 Å². The molecule has 0 bridgehead atoms. The van der Waals surface area contributed by atoms with Crippen LogP contribution in [0.3, 0.4) is 0 Å². The number of carboxylic acid groups (broad SMARTS) is 1. The predicted octanol–water partition coefficient (Wildman–Crippen LogP) is 1.86. The molecule has 0 heterocycles. The van der Waals surface area contributed by atoms with Crippen molar-refractivity contribution in [2.75, 3.05) is 0 Å². The van der Waals surface area contributed by atoms with Gasteiger partial charge in [-0.05, 0) is 11.6 Å². The standard InChI is InChI=1S/C9H9ClFNO2.ClH/c10-6-3-1-2-5(8(6)11)4-7(12)9(13)14;/h1-3,7H,4,12H2,(H,13,14);1H. The molecule has 1 aromatic rings. The van der Waals surface area contributed by atoms with Gasteiger partial charge in [0.15, 0.2) is 0 Å². The molecule has 84 valence electrons. The Kier molecular flexibility index (Phi) is 5.57. The summed E-state index contributed by atoms with van der Waals surface area (Å²) >= 11 is 5.51. The van der Waals surface area contributed by atoms with Crippen LogP contribution in [0.2, 0.25) is 5.02 Å². The van der Waals surface area contributed by atoms with Crippen LogP contribution in [0.25, 0.3) is 0 Å². The van der Waals surface area contributed by atoms with Crippen LogP contribution in [0.15, 0.2) is 18.2 Å². The number of carbonyl (C=O) groups is 1. The first-order chi connectivity index (χ1) is 6.52. The predicted molar refractivity (Wildman–Crippen MR) is 58.0 cm³/mol. The lowest BCUT2D eigenvalue weighted by Crippen LogP contribution is -2.32. The first kappa shape index (κ1) is 14.2. The maximum absolute atomic E-state index is 13.2. The normalized spacial score (nSPS) is 11.7. The van der Waals surface area contributed by atoms with E-state index in [1.165, 1.54) is 12.1 Å². The zero-order valence-corrected chi connectivity index (χ0v) is 9.19. The summed E-state index contributed by atoms with van der Waals surface area (Å²) < 4.78 is 13.2. The van der Waals surface area contributed by atoms with Gasteiger partial charge in [-0.25, -0.2) is 4.39 Å². The third kappa shape index (κ3) is 3.66. The van der Waals surface area contributed by atoms with Crippen molar-refractivity contribution in [1.29, 1.82) is 0 Å². The lowest BCUT2D eigenvalue weighted by Gasteiger charge is -2.07. The second kappa shape index (κ2) is 5.90. The second-order valence-corrected chi connectivity index (χ2v) is 3.27. The number of benzene rings is 1. The summed E-state index contributed by atoms with van der Waals surface area (Å²) in [4.78, 5) is 10.4. The Morgan fingerprint density at radius 3 is 2.73 bits per heavy atom. The van der Waals surface area contributed by atoms with Crippen LogP contribution in [0.1, 0.15) is 5.56 Å². The Morgan fingerprint density at radius 2 is 2.20 bits per heavy atom. The zero-order valence-electron chi connectivity index (χ0n) is 7.61. The first-order valence-corrected chi connectivity index (χ1v) is 4.31. The van der Waals surface area contributed by atoms with Gasteiger partial charge in [0.25, 0.3) is 0 Å². The molecule has 0 aliphatic heterocycles. The Labute approximate surface area is 97.4 Å². The molecule has 0 aromatic heterocycles. The summed E-state index contributed by atoms with van der Waals surface area (Å²) in [6.07, 6.45) is -0.0677. The summed E-state index contributed by atoms with van der Waals surface area (Å²) in [5, 5.41) is 8.50. The monoisotopic (exact) mass is 253 g/mol. The van der Waals surface area contributed by atoms with E-state index in [1.54, 1.807) is 6.07 Å². The molecule has 0 fully saturated rings. The number of rotatable bonds is 3. The van der Waals surface area contributed by atoms with E-state index in [0.29, 0.717) is 0 Å². The highest BCUT2D eigenvalue weighted by Gasteiger charge is 2.15. The van der Waals surface area contributed by atoms with Crippen molar-refractivity contribution in [3.8, 4) is 0 Å². The van der Waals surface area contributed by atoms with Crippen LogP contribution in [0.4, 0.5) is 4.39 Å². The van der Waals surface area contributed by atoms with Gasteiger partial charge >= 0.3 is 5.97 Å². The van der Waals surface area contributed by atoms with Crippen molar-refractivity contribution < 1.29 is 14.3 Å². The summed E-state index contributed by atoms with van der Waals surface area (Å²) in [5.74, 6) is -1.77. The van der Waals surface area contributed by atoms with Crippen molar-refractivity contribution in [3.05, 3.63) is 34.6 Å². The van der Waals surface area contributed by atoms with Gasteiger partial charge in [0, 0.05) is 6.42 Å². The van der Waals surface area contributed by atoms with Gasteiger partial charge in [-0.2, -0.15) is 0 Å². The van der Waals surface area contributed by atoms with E-state index < -0.39 is 17.8 Å². The number of hydrogen-bond acceptors (Lipinski definition) is 2. The molecule has 0 radical (unpaired) electrons. The van der Waals surface area contributed by atoms with Crippen LogP contribution in [0.5, 0.6) is 0 Å². The van der Waals surface area contributed by atoms with Crippen LogP contribution in [0, 0.1) is 5.82 Å². The molecule has 1 unspecified atom stereocenters. The highest BCUT2D eigenvalue weighted by Crippen LogP contribution is 2.18. The quantitative estimate of drug-likeness (QED) is 0.865. The smallest absolute Gasteiger partial charge is 0.320 e. The molecule has 0 aliphatic carbocycles.